The summed E-state index contributed by atoms with van der Waals surface area (Å²) in [4.78, 5) is 0.840. The van der Waals surface area contributed by atoms with Gasteiger partial charge in [-0.1, -0.05) is 29.9 Å². The van der Waals surface area contributed by atoms with Crippen molar-refractivity contribution in [2.24, 2.45) is 0 Å². The van der Waals surface area contributed by atoms with Crippen molar-refractivity contribution in [1.29, 1.82) is 0 Å². The lowest BCUT2D eigenvalue weighted by atomic mass is 10.2. The van der Waals surface area contributed by atoms with E-state index in [-0.39, 0.29) is 5.76 Å². The summed E-state index contributed by atoms with van der Waals surface area (Å²) in [7, 11) is 1.60. The Morgan fingerprint density at radius 3 is 2.70 bits per heavy atom. The molecule has 3 aromatic rings. The van der Waals surface area contributed by atoms with Gasteiger partial charge < -0.3 is 15.2 Å². The van der Waals surface area contributed by atoms with Crippen LogP contribution in [0.1, 0.15) is 10.4 Å². The zero-order valence-corrected chi connectivity index (χ0v) is 17.1. The van der Waals surface area contributed by atoms with Gasteiger partial charge in [0.05, 0.1) is 11.4 Å². The summed E-state index contributed by atoms with van der Waals surface area (Å²) in [6, 6.07) is 14.6. The zero-order chi connectivity index (χ0) is 19.4. The first-order valence-corrected chi connectivity index (χ1v) is 9.69. The van der Waals surface area contributed by atoms with E-state index in [1.807, 2.05) is 49.5 Å². The molecule has 0 bridgehead atoms. The summed E-state index contributed by atoms with van der Waals surface area (Å²) in [5.41, 5.74) is 2.10. The molecule has 0 saturated carbocycles. The van der Waals surface area contributed by atoms with Crippen LogP contribution in [0.3, 0.4) is 0 Å². The highest BCUT2D eigenvalue weighted by atomic mass is 35.5. The third-order valence-corrected chi connectivity index (χ3v) is 5.29. The smallest absolute Gasteiger partial charge is 0.239 e. The summed E-state index contributed by atoms with van der Waals surface area (Å²) < 4.78 is 7.53. The number of methoxy groups -OCH3 is 1. The van der Waals surface area contributed by atoms with Gasteiger partial charge in [0.15, 0.2) is 17.4 Å². The number of hydrogen-bond donors (Lipinski definition) is 1. The van der Waals surface area contributed by atoms with E-state index in [1.54, 1.807) is 30.0 Å². The highest BCUT2D eigenvalue weighted by Crippen LogP contribution is 2.27. The van der Waals surface area contributed by atoms with E-state index in [2.05, 4.69) is 5.32 Å². The molecule has 3 rings (SSSR count). The second-order valence-corrected chi connectivity index (χ2v) is 7.88. The fraction of sp³-hybridized carbons (Fsp3) is 0.100. The molecular formula is C20H17ClN2O2S2. The second-order valence-electron chi connectivity index (χ2n) is 5.76. The number of aromatic nitrogens is 1. The molecule has 0 saturated heterocycles. The summed E-state index contributed by atoms with van der Waals surface area (Å²) in [5.74, 6) is 0.506. The number of ether oxygens (including phenoxy) is 1. The summed E-state index contributed by atoms with van der Waals surface area (Å²) in [6.07, 6.45) is 3.66. The lowest BCUT2D eigenvalue weighted by Gasteiger charge is -2.16. The molecule has 7 heteroatoms. The number of nitrogens with one attached hydrogen (secondary N) is 1. The molecule has 0 aliphatic heterocycles. The Bertz CT molecular complexity index is 1010. The molecule has 1 aromatic carbocycles. The highest BCUT2D eigenvalue weighted by molar-refractivity contribution is 7.81. The lowest BCUT2D eigenvalue weighted by molar-refractivity contribution is -0.578. The number of thiocarbonyl (C=S) groups is 1. The van der Waals surface area contributed by atoms with Crippen molar-refractivity contribution in [2.75, 3.05) is 12.4 Å². The standard InChI is InChI=1S/C20H17ClN2O2S2/c1-13-5-4-10-23(12-13)18(19(24)16-8-9-17(21)27-16)20(26)22-14-6-3-7-15(11-14)25-2/h3-12H,1-2H3,(H-,22,24,26). The molecule has 0 amide bonds. The van der Waals surface area contributed by atoms with E-state index in [9.17, 15) is 5.11 Å². The van der Waals surface area contributed by atoms with E-state index in [4.69, 9.17) is 28.6 Å². The number of benzene rings is 1. The normalized spacial score (nSPS) is 11.7. The number of thiophene rings is 1. The Morgan fingerprint density at radius 1 is 1.22 bits per heavy atom. The van der Waals surface area contributed by atoms with Crippen LogP contribution < -0.4 is 19.7 Å². The minimum atomic E-state index is -0.192. The van der Waals surface area contributed by atoms with Gasteiger partial charge in [0.2, 0.25) is 5.70 Å². The Labute approximate surface area is 172 Å². The first-order chi connectivity index (χ1) is 13.0. The molecule has 0 unspecified atom stereocenters. The van der Waals surface area contributed by atoms with E-state index < -0.39 is 0 Å². The average Bonchev–Trinajstić information content (AvgIpc) is 3.08. The number of hydrogen-bond acceptors (Lipinski definition) is 4. The van der Waals surface area contributed by atoms with Crippen molar-refractivity contribution in [3.63, 3.8) is 0 Å². The van der Waals surface area contributed by atoms with Crippen LogP contribution in [0.4, 0.5) is 5.69 Å². The maximum absolute atomic E-state index is 13.2. The van der Waals surface area contributed by atoms with Gasteiger partial charge in [-0.25, -0.2) is 0 Å². The second kappa shape index (κ2) is 8.52. The minimum Gasteiger partial charge on any atom is -0.867 e. The molecule has 0 aliphatic carbocycles. The number of halogens is 1. The number of aryl methyl sites for hydroxylation is 1. The maximum atomic E-state index is 13.2. The van der Waals surface area contributed by atoms with Gasteiger partial charge in [-0.05, 0) is 43.0 Å². The van der Waals surface area contributed by atoms with E-state index in [1.165, 1.54) is 11.3 Å². The maximum Gasteiger partial charge on any atom is 0.239 e. The van der Waals surface area contributed by atoms with Crippen LogP contribution in [0.25, 0.3) is 11.5 Å². The number of rotatable bonds is 5. The predicted molar refractivity (Wildman–Crippen MR) is 113 cm³/mol. The molecule has 2 heterocycles. The zero-order valence-electron chi connectivity index (χ0n) is 14.7. The quantitative estimate of drug-likeness (QED) is 0.294. The summed E-state index contributed by atoms with van der Waals surface area (Å²) in [5, 5.41) is 16.3. The molecule has 4 nitrogen and oxygen atoms in total. The van der Waals surface area contributed by atoms with Gasteiger partial charge >= 0.3 is 0 Å². The first kappa shape index (κ1) is 19.4. The topological polar surface area (TPSA) is 48.2 Å². The Kier molecular flexibility index (Phi) is 6.11. The van der Waals surface area contributed by atoms with Crippen LogP contribution >= 0.6 is 35.2 Å². The van der Waals surface area contributed by atoms with Crippen LogP contribution in [-0.2, 0) is 0 Å². The lowest BCUT2D eigenvalue weighted by Crippen LogP contribution is -2.40. The summed E-state index contributed by atoms with van der Waals surface area (Å²) >= 11 is 12.8. The Morgan fingerprint density at radius 2 is 2.04 bits per heavy atom. The number of anilines is 1. The number of pyridine rings is 1. The average molecular weight is 417 g/mol. The van der Waals surface area contributed by atoms with Gasteiger partial charge in [0.1, 0.15) is 5.75 Å². The molecule has 1 N–H and O–H groups in total. The van der Waals surface area contributed by atoms with E-state index >= 15 is 0 Å². The van der Waals surface area contributed by atoms with Gasteiger partial charge in [-0.15, -0.1) is 11.3 Å². The molecule has 138 valence electrons. The monoisotopic (exact) mass is 416 g/mol. The Balaban J connectivity index is 2.05. The minimum absolute atomic E-state index is 0.192. The van der Waals surface area contributed by atoms with Gasteiger partial charge in [0, 0.05) is 28.3 Å². The van der Waals surface area contributed by atoms with Crippen LogP contribution in [0.2, 0.25) is 4.34 Å². The van der Waals surface area contributed by atoms with Crippen LogP contribution in [0, 0.1) is 6.92 Å². The molecule has 0 atom stereocenters. The van der Waals surface area contributed by atoms with Crippen LogP contribution in [0.15, 0.2) is 60.9 Å². The van der Waals surface area contributed by atoms with Crippen molar-refractivity contribution >= 4 is 57.3 Å². The van der Waals surface area contributed by atoms with E-state index in [0.717, 1.165) is 11.3 Å². The largest absolute Gasteiger partial charge is 0.867 e. The van der Waals surface area contributed by atoms with Gasteiger partial charge in [-0.2, -0.15) is 4.57 Å². The van der Waals surface area contributed by atoms with Crippen molar-refractivity contribution in [3.05, 3.63) is 75.7 Å². The summed E-state index contributed by atoms with van der Waals surface area (Å²) in [6.45, 7) is 1.96. The van der Waals surface area contributed by atoms with E-state index in [0.29, 0.717) is 25.6 Å². The van der Waals surface area contributed by atoms with Crippen LogP contribution in [-0.4, -0.2) is 12.1 Å². The van der Waals surface area contributed by atoms with Crippen LogP contribution in [0.5, 0.6) is 5.75 Å². The molecule has 0 aliphatic rings. The first-order valence-electron chi connectivity index (χ1n) is 8.08. The fourth-order valence-electron chi connectivity index (χ4n) is 2.51. The third kappa shape index (κ3) is 4.66. The molecule has 0 radical (unpaired) electrons. The van der Waals surface area contributed by atoms with Gasteiger partial charge in [0.25, 0.3) is 0 Å². The van der Waals surface area contributed by atoms with Crippen molar-refractivity contribution < 1.29 is 14.4 Å². The molecule has 0 fully saturated rings. The predicted octanol–water partition coefficient (Wildman–Crippen LogP) is 4.13. The van der Waals surface area contributed by atoms with Crippen molar-refractivity contribution in [3.8, 4) is 5.75 Å². The van der Waals surface area contributed by atoms with Gasteiger partial charge in [-0.3, -0.25) is 0 Å². The third-order valence-electron chi connectivity index (χ3n) is 3.76. The molecule has 27 heavy (non-hydrogen) atoms. The molecular weight excluding hydrogens is 400 g/mol. The number of nitrogens with zero attached hydrogens (tertiary/aromatic N) is 1. The van der Waals surface area contributed by atoms with Crippen molar-refractivity contribution in [1.82, 2.24) is 0 Å². The molecule has 0 spiro atoms. The molecule has 2 aromatic heterocycles. The highest BCUT2D eigenvalue weighted by Gasteiger charge is 2.20. The fourth-order valence-corrected chi connectivity index (χ4v) is 3.81. The van der Waals surface area contributed by atoms with Crippen molar-refractivity contribution in [2.45, 2.75) is 6.92 Å². The Hall–Kier alpha value is -2.41. The SMILES string of the molecule is COc1cccc(NC(=S)C(=C([O-])c2ccc(Cl)s2)[n+]2cccc(C)c2)c1.